The van der Waals surface area contributed by atoms with Crippen LogP contribution in [0.3, 0.4) is 0 Å². The smallest absolute Gasteiger partial charge is 0.256 e. The molecule has 0 aliphatic carbocycles. The summed E-state index contributed by atoms with van der Waals surface area (Å²) in [6, 6.07) is 8.74. The Kier molecular flexibility index (Phi) is 4.79. The van der Waals surface area contributed by atoms with E-state index in [1.807, 2.05) is 19.2 Å². The van der Waals surface area contributed by atoms with E-state index in [9.17, 15) is 9.18 Å². The van der Waals surface area contributed by atoms with Gasteiger partial charge >= 0.3 is 0 Å². The summed E-state index contributed by atoms with van der Waals surface area (Å²) < 4.78 is 13.5. The van der Waals surface area contributed by atoms with Crippen molar-refractivity contribution < 1.29 is 9.18 Å². The Hall–Kier alpha value is -2.27. The van der Waals surface area contributed by atoms with Crippen molar-refractivity contribution in [3.8, 4) is 0 Å². The Balaban J connectivity index is 2.19. The standard InChI is InChI=1S/C15H16FN3O/c1-17-8-6-11-4-2-3-5-12(11)15(20)19-14-7-9-18-10-13(14)16/h2-5,7,9-10,17H,6,8H2,1H3,(H,18,19,20). The molecule has 5 heteroatoms. The van der Waals surface area contributed by atoms with Crippen LogP contribution in [0.25, 0.3) is 0 Å². The number of likely N-dealkylation sites (N-methyl/N-ethyl adjacent to an activating group) is 1. The number of anilines is 1. The van der Waals surface area contributed by atoms with Gasteiger partial charge in [-0.2, -0.15) is 0 Å². The Morgan fingerprint density at radius 1 is 1.30 bits per heavy atom. The van der Waals surface area contributed by atoms with Crippen molar-refractivity contribution >= 4 is 11.6 Å². The largest absolute Gasteiger partial charge is 0.319 e. The van der Waals surface area contributed by atoms with Gasteiger partial charge in [0.05, 0.1) is 11.9 Å². The first-order valence-electron chi connectivity index (χ1n) is 6.35. The quantitative estimate of drug-likeness (QED) is 0.878. The second-order valence-corrected chi connectivity index (χ2v) is 4.32. The third kappa shape index (κ3) is 3.39. The van der Waals surface area contributed by atoms with Crippen LogP contribution in [0, 0.1) is 5.82 Å². The predicted octanol–water partition coefficient (Wildman–Crippen LogP) is 2.23. The second-order valence-electron chi connectivity index (χ2n) is 4.32. The number of nitrogens with zero attached hydrogens (tertiary/aromatic N) is 1. The zero-order valence-corrected chi connectivity index (χ0v) is 11.2. The van der Waals surface area contributed by atoms with Gasteiger partial charge in [0.25, 0.3) is 5.91 Å². The van der Waals surface area contributed by atoms with E-state index in [-0.39, 0.29) is 11.6 Å². The molecule has 0 atom stereocenters. The molecule has 1 aromatic heterocycles. The molecule has 0 saturated heterocycles. The molecule has 1 heterocycles. The molecule has 0 bridgehead atoms. The van der Waals surface area contributed by atoms with Gasteiger partial charge in [0.15, 0.2) is 5.82 Å². The van der Waals surface area contributed by atoms with Crippen molar-refractivity contribution in [3.05, 3.63) is 59.7 Å². The number of nitrogens with one attached hydrogen (secondary N) is 2. The van der Waals surface area contributed by atoms with Crippen molar-refractivity contribution in [3.63, 3.8) is 0 Å². The summed E-state index contributed by atoms with van der Waals surface area (Å²) in [5, 5.41) is 5.61. The van der Waals surface area contributed by atoms with Crippen LogP contribution in [0.2, 0.25) is 0 Å². The molecule has 2 rings (SSSR count). The molecule has 2 aromatic rings. The lowest BCUT2D eigenvalue weighted by molar-refractivity contribution is 0.102. The summed E-state index contributed by atoms with van der Waals surface area (Å²) in [5.41, 5.74) is 1.61. The number of hydrogen-bond acceptors (Lipinski definition) is 3. The maximum atomic E-state index is 13.5. The number of pyridine rings is 1. The van der Waals surface area contributed by atoms with Gasteiger partial charge in [-0.05, 0) is 37.7 Å². The molecule has 1 aromatic carbocycles. The van der Waals surface area contributed by atoms with Crippen LogP contribution in [0.1, 0.15) is 15.9 Å². The zero-order chi connectivity index (χ0) is 14.4. The van der Waals surface area contributed by atoms with Crippen LogP contribution >= 0.6 is 0 Å². The highest BCUT2D eigenvalue weighted by Gasteiger charge is 2.12. The van der Waals surface area contributed by atoms with E-state index in [1.54, 1.807) is 12.1 Å². The fraction of sp³-hybridized carbons (Fsp3) is 0.200. The fourth-order valence-corrected chi connectivity index (χ4v) is 1.89. The summed E-state index contributed by atoms with van der Waals surface area (Å²) in [7, 11) is 1.86. The minimum absolute atomic E-state index is 0.133. The van der Waals surface area contributed by atoms with E-state index in [2.05, 4.69) is 15.6 Å². The lowest BCUT2D eigenvalue weighted by atomic mass is 10.0. The predicted molar refractivity (Wildman–Crippen MR) is 76.2 cm³/mol. The normalized spacial score (nSPS) is 10.3. The van der Waals surface area contributed by atoms with Gasteiger partial charge in [-0.1, -0.05) is 18.2 Å². The molecule has 104 valence electrons. The number of halogens is 1. The van der Waals surface area contributed by atoms with Gasteiger partial charge in [0, 0.05) is 11.8 Å². The van der Waals surface area contributed by atoms with Crippen LogP contribution in [-0.2, 0) is 6.42 Å². The van der Waals surface area contributed by atoms with Crippen molar-refractivity contribution in [1.82, 2.24) is 10.3 Å². The molecule has 0 saturated carbocycles. The molecular weight excluding hydrogens is 257 g/mol. The first-order chi connectivity index (χ1) is 9.72. The SMILES string of the molecule is CNCCc1ccccc1C(=O)Nc1ccncc1F. The monoisotopic (exact) mass is 273 g/mol. The summed E-state index contributed by atoms with van der Waals surface area (Å²) in [6.45, 7) is 0.772. The first kappa shape index (κ1) is 14.1. The molecule has 0 fully saturated rings. The van der Waals surface area contributed by atoms with Crippen molar-refractivity contribution in [2.75, 3.05) is 18.9 Å². The Labute approximate surface area is 117 Å². The maximum Gasteiger partial charge on any atom is 0.256 e. The van der Waals surface area contributed by atoms with Crippen LogP contribution in [0.15, 0.2) is 42.7 Å². The maximum absolute atomic E-state index is 13.5. The number of rotatable bonds is 5. The Morgan fingerprint density at radius 2 is 2.10 bits per heavy atom. The molecule has 0 aliphatic heterocycles. The highest BCUT2D eigenvalue weighted by molar-refractivity contribution is 6.05. The summed E-state index contributed by atoms with van der Waals surface area (Å²) in [6.07, 6.45) is 3.24. The van der Waals surface area contributed by atoms with Crippen molar-refractivity contribution in [2.45, 2.75) is 6.42 Å². The number of benzene rings is 1. The van der Waals surface area contributed by atoms with Crippen LogP contribution in [0.4, 0.5) is 10.1 Å². The van der Waals surface area contributed by atoms with E-state index >= 15 is 0 Å². The minimum Gasteiger partial charge on any atom is -0.319 e. The lowest BCUT2D eigenvalue weighted by Gasteiger charge is -2.10. The fourth-order valence-electron chi connectivity index (χ4n) is 1.89. The number of amides is 1. The van der Waals surface area contributed by atoms with E-state index in [1.165, 1.54) is 12.3 Å². The highest BCUT2D eigenvalue weighted by atomic mass is 19.1. The van der Waals surface area contributed by atoms with Crippen molar-refractivity contribution in [2.24, 2.45) is 0 Å². The van der Waals surface area contributed by atoms with Crippen LogP contribution in [0.5, 0.6) is 0 Å². The minimum atomic E-state index is -0.548. The molecule has 0 aliphatic rings. The molecule has 20 heavy (non-hydrogen) atoms. The molecule has 2 N–H and O–H groups in total. The van der Waals surface area contributed by atoms with Gasteiger partial charge in [-0.3, -0.25) is 9.78 Å². The second kappa shape index (κ2) is 6.77. The lowest BCUT2D eigenvalue weighted by Crippen LogP contribution is -2.17. The summed E-state index contributed by atoms with van der Waals surface area (Å²) >= 11 is 0. The molecule has 0 radical (unpaired) electrons. The van der Waals surface area contributed by atoms with Crippen LogP contribution < -0.4 is 10.6 Å². The number of carbonyl (C=O) groups is 1. The number of carbonyl (C=O) groups excluding carboxylic acids is 1. The third-order valence-electron chi connectivity index (χ3n) is 2.93. The average Bonchev–Trinajstić information content (AvgIpc) is 2.47. The summed E-state index contributed by atoms with van der Waals surface area (Å²) in [4.78, 5) is 15.9. The average molecular weight is 273 g/mol. The van der Waals surface area contributed by atoms with Crippen molar-refractivity contribution in [1.29, 1.82) is 0 Å². The van der Waals surface area contributed by atoms with Gasteiger partial charge < -0.3 is 10.6 Å². The van der Waals surface area contributed by atoms with Gasteiger partial charge in [-0.25, -0.2) is 4.39 Å². The molecule has 0 spiro atoms. The van der Waals surface area contributed by atoms with E-state index in [0.29, 0.717) is 5.56 Å². The topological polar surface area (TPSA) is 54.0 Å². The highest BCUT2D eigenvalue weighted by Crippen LogP contribution is 2.15. The van der Waals surface area contributed by atoms with Crippen LogP contribution in [-0.4, -0.2) is 24.5 Å². The first-order valence-corrected chi connectivity index (χ1v) is 6.35. The molecule has 1 amide bonds. The molecule has 0 unspecified atom stereocenters. The van der Waals surface area contributed by atoms with E-state index in [4.69, 9.17) is 0 Å². The number of hydrogen-bond donors (Lipinski definition) is 2. The van der Waals surface area contributed by atoms with E-state index < -0.39 is 5.82 Å². The Bertz CT molecular complexity index is 601. The third-order valence-corrected chi connectivity index (χ3v) is 2.93. The molecular formula is C15H16FN3O. The number of aromatic nitrogens is 1. The zero-order valence-electron chi connectivity index (χ0n) is 11.2. The van der Waals surface area contributed by atoms with Gasteiger partial charge in [-0.15, -0.1) is 0 Å². The van der Waals surface area contributed by atoms with Gasteiger partial charge in [0.1, 0.15) is 0 Å². The van der Waals surface area contributed by atoms with E-state index in [0.717, 1.165) is 24.7 Å². The Morgan fingerprint density at radius 3 is 2.85 bits per heavy atom. The molecule has 4 nitrogen and oxygen atoms in total. The van der Waals surface area contributed by atoms with Gasteiger partial charge in [0.2, 0.25) is 0 Å². The summed E-state index contributed by atoms with van der Waals surface area (Å²) in [5.74, 6) is -0.865.